The van der Waals surface area contributed by atoms with Crippen LogP contribution in [0.5, 0.6) is 5.75 Å². The van der Waals surface area contributed by atoms with Crippen molar-refractivity contribution in [3.8, 4) is 5.75 Å². The van der Waals surface area contributed by atoms with Gasteiger partial charge in [-0.3, -0.25) is 0 Å². The first-order valence-electron chi connectivity index (χ1n) is 6.86. The smallest absolute Gasteiger partial charge is 0.406 e. The highest BCUT2D eigenvalue weighted by Crippen LogP contribution is 2.24. The highest BCUT2D eigenvalue weighted by molar-refractivity contribution is 5.73. The molecule has 0 heterocycles. The van der Waals surface area contributed by atoms with Crippen LogP contribution in [0.3, 0.4) is 0 Å². The van der Waals surface area contributed by atoms with Crippen molar-refractivity contribution in [2.45, 2.75) is 18.9 Å². The average Bonchev–Trinajstić information content (AvgIpc) is 2.48. The molecule has 0 saturated heterocycles. The molecule has 0 aliphatic rings. The normalized spacial score (nSPS) is 12.6. The van der Waals surface area contributed by atoms with Crippen LogP contribution >= 0.6 is 0 Å². The van der Waals surface area contributed by atoms with Crippen LogP contribution in [0.25, 0.3) is 0 Å². The molecule has 0 aliphatic carbocycles. The van der Waals surface area contributed by atoms with E-state index in [-0.39, 0.29) is 12.3 Å². The van der Waals surface area contributed by atoms with Gasteiger partial charge in [0.15, 0.2) is 0 Å². The largest absolute Gasteiger partial charge is 0.573 e. The molecule has 1 atom stereocenters. The van der Waals surface area contributed by atoms with Crippen LogP contribution in [0.1, 0.15) is 18.1 Å². The van der Waals surface area contributed by atoms with E-state index in [0.29, 0.717) is 25.1 Å². The summed E-state index contributed by atoms with van der Waals surface area (Å²) in [5.74, 6) is -0.378. The zero-order valence-electron chi connectivity index (χ0n) is 12.5. The van der Waals surface area contributed by atoms with Crippen LogP contribution in [-0.4, -0.2) is 44.3 Å². The molecule has 0 aliphatic heterocycles. The van der Waals surface area contributed by atoms with E-state index in [1.54, 1.807) is 7.11 Å². The number of benzene rings is 1. The Bertz CT molecular complexity index is 480. The molecule has 6 nitrogen and oxygen atoms in total. The first kappa shape index (κ1) is 19.0. The van der Waals surface area contributed by atoms with E-state index >= 15 is 0 Å². The summed E-state index contributed by atoms with van der Waals surface area (Å²) in [6.45, 7) is 0.879. The molecular formula is C14H19F3N2O4. The molecular weight excluding hydrogens is 317 g/mol. The molecule has 0 radical (unpaired) electrons. The minimum atomic E-state index is -4.76. The first-order chi connectivity index (χ1) is 10.8. The standard InChI is InChI=1S/C14H19F3N2O4/c1-22-8-2-7-18-13(21)19-9-12(20)10-3-5-11(6-4-10)23-14(15,16)17/h3-6,12,20H,2,7-9H2,1H3,(H2,18,19,21). The SMILES string of the molecule is COCCCNC(=O)NCC(O)c1ccc(OC(F)(F)F)cc1. The number of halogens is 3. The number of alkyl halides is 3. The second-order valence-electron chi connectivity index (χ2n) is 4.62. The van der Waals surface area contributed by atoms with Crippen molar-refractivity contribution in [1.29, 1.82) is 0 Å². The number of carbonyl (C=O) groups is 1. The maximum absolute atomic E-state index is 12.0. The maximum atomic E-state index is 12.0. The highest BCUT2D eigenvalue weighted by Gasteiger charge is 2.31. The van der Waals surface area contributed by atoms with E-state index in [0.717, 1.165) is 12.1 Å². The van der Waals surface area contributed by atoms with Crippen molar-refractivity contribution >= 4 is 6.03 Å². The van der Waals surface area contributed by atoms with Crippen LogP contribution in [0.4, 0.5) is 18.0 Å². The fourth-order valence-electron chi connectivity index (χ4n) is 1.68. The van der Waals surface area contributed by atoms with Crippen LogP contribution in [0, 0.1) is 0 Å². The zero-order valence-corrected chi connectivity index (χ0v) is 12.5. The third-order valence-corrected chi connectivity index (χ3v) is 2.77. The topological polar surface area (TPSA) is 79.8 Å². The Labute approximate surface area is 131 Å². The Kier molecular flexibility index (Phi) is 7.63. The van der Waals surface area contributed by atoms with Crippen molar-refractivity contribution in [2.24, 2.45) is 0 Å². The zero-order chi connectivity index (χ0) is 17.3. The fourth-order valence-corrected chi connectivity index (χ4v) is 1.68. The number of hydrogen-bond donors (Lipinski definition) is 3. The van der Waals surface area contributed by atoms with E-state index in [9.17, 15) is 23.1 Å². The maximum Gasteiger partial charge on any atom is 0.573 e. The number of hydrogen-bond acceptors (Lipinski definition) is 4. The van der Waals surface area contributed by atoms with E-state index in [1.165, 1.54) is 12.1 Å². The third kappa shape index (κ3) is 8.27. The lowest BCUT2D eigenvalue weighted by Crippen LogP contribution is -2.38. The van der Waals surface area contributed by atoms with Gasteiger partial charge in [-0.2, -0.15) is 0 Å². The van der Waals surface area contributed by atoms with Gasteiger partial charge < -0.3 is 25.2 Å². The van der Waals surface area contributed by atoms with Gasteiger partial charge in [-0.1, -0.05) is 12.1 Å². The van der Waals surface area contributed by atoms with Gasteiger partial charge in [-0.15, -0.1) is 13.2 Å². The van der Waals surface area contributed by atoms with E-state index in [2.05, 4.69) is 15.4 Å². The summed E-state index contributed by atoms with van der Waals surface area (Å²) in [6, 6.07) is 4.33. The molecule has 0 bridgehead atoms. The number of urea groups is 1. The summed E-state index contributed by atoms with van der Waals surface area (Å²) in [6.07, 6.45) is -5.14. The lowest BCUT2D eigenvalue weighted by molar-refractivity contribution is -0.274. The molecule has 1 aromatic rings. The van der Waals surface area contributed by atoms with Crippen molar-refractivity contribution in [2.75, 3.05) is 26.8 Å². The molecule has 23 heavy (non-hydrogen) atoms. The minimum Gasteiger partial charge on any atom is -0.406 e. The van der Waals surface area contributed by atoms with Crippen LogP contribution in [0.2, 0.25) is 0 Å². The predicted octanol–water partition coefficient (Wildman–Crippen LogP) is 1.95. The van der Waals surface area contributed by atoms with E-state index in [4.69, 9.17) is 4.74 Å². The van der Waals surface area contributed by atoms with Gasteiger partial charge in [0.25, 0.3) is 0 Å². The molecule has 9 heteroatoms. The second-order valence-corrected chi connectivity index (χ2v) is 4.62. The van der Waals surface area contributed by atoms with Crippen molar-refractivity contribution in [3.05, 3.63) is 29.8 Å². The van der Waals surface area contributed by atoms with Gasteiger partial charge in [-0.05, 0) is 24.1 Å². The molecule has 3 N–H and O–H groups in total. The lowest BCUT2D eigenvalue weighted by atomic mass is 10.1. The summed E-state index contributed by atoms with van der Waals surface area (Å²) < 4.78 is 44.6. The summed E-state index contributed by atoms with van der Waals surface area (Å²) in [5, 5.41) is 14.9. The highest BCUT2D eigenvalue weighted by atomic mass is 19.4. The fraction of sp³-hybridized carbons (Fsp3) is 0.500. The number of aliphatic hydroxyl groups excluding tert-OH is 1. The second kappa shape index (κ2) is 9.21. The summed E-state index contributed by atoms with van der Waals surface area (Å²) in [7, 11) is 1.56. The van der Waals surface area contributed by atoms with Gasteiger partial charge in [0.2, 0.25) is 0 Å². The molecule has 1 aromatic carbocycles. The molecule has 1 unspecified atom stereocenters. The molecule has 0 spiro atoms. The van der Waals surface area contributed by atoms with Crippen LogP contribution in [0.15, 0.2) is 24.3 Å². The first-order valence-corrected chi connectivity index (χ1v) is 6.86. The third-order valence-electron chi connectivity index (χ3n) is 2.77. The molecule has 0 saturated carbocycles. The Balaban J connectivity index is 2.37. The molecule has 130 valence electrons. The number of methoxy groups -OCH3 is 1. The number of amides is 2. The van der Waals surface area contributed by atoms with Crippen molar-refractivity contribution in [1.82, 2.24) is 10.6 Å². The van der Waals surface area contributed by atoms with Gasteiger partial charge in [-0.25, -0.2) is 4.79 Å². The Morgan fingerprint density at radius 1 is 1.26 bits per heavy atom. The average molecular weight is 336 g/mol. The van der Waals surface area contributed by atoms with E-state index < -0.39 is 18.5 Å². The van der Waals surface area contributed by atoms with Crippen molar-refractivity contribution in [3.63, 3.8) is 0 Å². The quantitative estimate of drug-likeness (QED) is 0.634. The minimum absolute atomic E-state index is 0.0738. The number of ether oxygens (including phenoxy) is 2. The van der Waals surface area contributed by atoms with Gasteiger partial charge in [0, 0.05) is 26.8 Å². The molecule has 0 aromatic heterocycles. The van der Waals surface area contributed by atoms with E-state index in [1.807, 2.05) is 0 Å². The Morgan fingerprint density at radius 2 is 1.91 bits per heavy atom. The summed E-state index contributed by atoms with van der Waals surface area (Å²) in [4.78, 5) is 11.4. The van der Waals surface area contributed by atoms with Gasteiger partial charge >= 0.3 is 12.4 Å². The summed E-state index contributed by atoms with van der Waals surface area (Å²) in [5.41, 5.74) is 0.360. The monoisotopic (exact) mass is 336 g/mol. The van der Waals surface area contributed by atoms with Gasteiger partial charge in [0.1, 0.15) is 5.75 Å². The number of rotatable bonds is 8. The van der Waals surface area contributed by atoms with Gasteiger partial charge in [0.05, 0.1) is 6.10 Å². The molecule has 2 amide bonds. The van der Waals surface area contributed by atoms with Crippen LogP contribution < -0.4 is 15.4 Å². The predicted molar refractivity (Wildman–Crippen MR) is 76.0 cm³/mol. The Hall–Kier alpha value is -2.00. The molecule has 1 rings (SSSR count). The Morgan fingerprint density at radius 3 is 2.48 bits per heavy atom. The summed E-state index contributed by atoms with van der Waals surface area (Å²) >= 11 is 0. The molecule has 0 fully saturated rings. The number of carbonyl (C=O) groups excluding carboxylic acids is 1. The lowest BCUT2D eigenvalue weighted by Gasteiger charge is -2.14. The van der Waals surface area contributed by atoms with Crippen molar-refractivity contribution < 1.29 is 32.5 Å². The van der Waals surface area contributed by atoms with Crippen LogP contribution in [-0.2, 0) is 4.74 Å². The number of aliphatic hydroxyl groups is 1. The number of nitrogens with one attached hydrogen (secondary N) is 2.